The van der Waals surface area contributed by atoms with Crippen LogP contribution in [0.1, 0.15) is 31.7 Å². The molecule has 158 valence electrons. The molecular weight excluding hydrogens is 372 g/mol. The predicted octanol–water partition coefficient (Wildman–Crippen LogP) is 3.72. The quantitative estimate of drug-likeness (QED) is 0.319. The summed E-state index contributed by atoms with van der Waals surface area (Å²) < 4.78 is 0. The van der Waals surface area contributed by atoms with E-state index in [4.69, 9.17) is 4.99 Å². The molecule has 1 aliphatic heterocycles. The average molecular weight is 405 g/mol. The number of anilines is 1. The van der Waals surface area contributed by atoms with E-state index in [9.17, 15) is 0 Å². The van der Waals surface area contributed by atoms with Crippen LogP contribution in [-0.2, 0) is 6.42 Å². The third-order valence-corrected chi connectivity index (χ3v) is 5.70. The molecule has 3 N–H and O–H groups in total. The number of aryl methyl sites for hydroxylation is 1. The van der Waals surface area contributed by atoms with E-state index in [0.29, 0.717) is 6.04 Å². The van der Waals surface area contributed by atoms with Gasteiger partial charge in [0.25, 0.3) is 0 Å². The summed E-state index contributed by atoms with van der Waals surface area (Å²) in [6.07, 6.45) is 8.26. The Morgan fingerprint density at radius 1 is 1.17 bits per heavy atom. The number of hydrogen-bond donors (Lipinski definition) is 3. The fourth-order valence-electron chi connectivity index (χ4n) is 4.11. The van der Waals surface area contributed by atoms with Crippen LogP contribution in [0.15, 0.2) is 59.9 Å². The summed E-state index contributed by atoms with van der Waals surface area (Å²) in [5.41, 5.74) is 2.59. The zero-order valence-electron chi connectivity index (χ0n) is 17.8. The molecule has 2 aromatic heterocycles. The first-order chi connectivity index (χ1) is 14.8. The summed E-state index contributed by atoms with van der Waals surface area (Å²) in [6.45, 7) is 5.86. The summed E-state index contributed by atoms with van der Waals surface area (Å²) in [6, 6.07) is 15.1. The molecule has 6 heteroatoms. The summed E-state index contributed by atoms with van der Waals surface area (Å²) in [7, 11) is 0. The number of rotatable bonds is 7. The lowest BCUT2D eigenvalue weighted by Crippen LogP contribution is -2.49. The van der Waals surface area contributed by atoms with Crippen LogP contribution in [0, 0.1) is 0 Å². The number of nitrogens with one attached hydrogen (secondary N) is 3. The maximum absolute atomic E-state index is 4.82. The lowest BCUT2D eigenvalue weighted by atomic mass is 10.1. The minimum Gasteiger partial charge on any atom is -0.361 e. The van der Waals surface area contributed by atoms with Crippen LogP contribution >= 0.6 is 0 Å². The Morgan fingerprint density at radius 3 is 2.80 bits per heavy atom. The van der Waals surface area contributed by atoms with Crippen molar-refractivity contribution in [2.45, 2.75) is 38.6 Å². The van der Waals surface area contributed by atoms with E-state index in [1.54, 1.807) is 0 Å². The molecule has 0 bridgehead atoms. The van der Waals surface area contributed by atoms with Crippen LogP contribution < -0.4 is 15.5 Å². The van der Waals surface area contributed by atoms with Crippen molar-refractivity contribution in [3.8, 4) is 0 Å². The van der Waals surface area contributed by atoms with Crippen molar-refractivity contribution in [1.29, 1.82) is 0 Å². The Bertz CT molecular complexity index is 940. The zero-order chi connectivity index (χ0) is 20.6. The molecule has 0 spiro atoms. The van der Waals surface area contributed by atoms with Crippen LogP contribution in [0.25, 0.3) is 10.9 Å². The number of aromatic nitrogens is 2. The number of H-pyrrole nitrogens is 1. The highest BCUT2D eigenvalue weighted by molar-refractivity contribution is 5.83. The lowest BCUT2D eigenvalue weighted by Gasteiger charge is -2.33. The third kappa shape index (κ3) is 5.12. The molecule has 0 unspecified atom stereocenters. The van der Waals surface area contributed by atoms with E-state index in [0.717, 1.165) is 63.6 Å². The van der Waals surface area contributed by atoms with Gasteiger partial charge in [-0.05, 0) is 56.4 Å². The fourth-order valence-corrected chi connectivity index (χ4v) is 4.11. The number of pyridine rings is 1. The summed E-state index contributed by atoms with van der Waals surface area (Å²) >= 11 is 0. The van der Waals surface area contributed by atoms with Gasteiger partial charge in [0, 0.05) is 55.5 Å². The number of guanidine groups is 1. The van der Waals surface area contributed by atoms with Crippen molar-refractivity contribution in [1.82, 2.24) is 20.6 Å². The molecule has 1 fully saturated rings. The van der Waals surface area contributed by atoms with Gasteiger partial charge in [0.1, 0.15) is 5.82 Å². The van der Waals surface area contributed by atoms with Crippen molar-refractivity contribution in [3.05, 3.63) is 60.4 Å². The van der Waals surface area contributed by atoms with E-state index in [1.165, 1.54) is 16.5 Å². The lowest BCUT2D eigenvalue weighted by molar-refractivity contribution is 0.459. The second-order valence-corrected chi connectivity index (χ2v) is 7.82. The first-order valence-electron chi connectivity index (χ1n) is 11.1. The number of fused-ring (bicyclic) bond motifs is 1. The average Bonchev–Trinajstić information content (AvgIpc) is 3.21. The van der Waals surface area contributed by atoms with Crippen LogP contribution in [-0.4, -0.2) is 48.1 Å². The van der Waals surface area contributed by atoms with E-state index in [1.807, 2.05) is 12.3 Å². The second-order valence-electron chi connectivity index (χ2n) is 7.82. The summed E-state index contributed by atoms with van der Waals surface area (Å²) in [5.74, 6) is 2.02. The van der Waals surface area contributed by atoms with E-state index < -0.39 is 0 Å². The first kappa shape index (κ1) is 20.3. The number of piperidine rings is 1. The maximum atomic E-state index is 4.82. The number of benzene rings is 1. The monoisotopic (exact) mass is 404 g/mol. The molecule has 0 saturated carbocycles. The molecule has 1 saturated heterocycles. The van der Waals surface area contributed by atoms with Crippen LogP contribution in [0.4, 0.5) is 5.82 Å². The number of aromatic amines is 1. The Morgan fingerprint density at radius 2 is 2.00 bits per heavy atom. The highest BCUT2D eigenvalue weighted by Crippen LogP contribution is 2.19. The smallest absolute Gasteiger partial charge is 0.191 e. The molecule has 0 atom stereocenters. The summed E-state index contributed by atoms with van der Waals surface area (Å²) in [4.78, 5) is 15.0. The molecule has 0 amide bonds. The Hall–Kier alpha value is -3.02. The number of aliphatic imine (C=N–C) groups is 1. The zero-order valence-corrected chi connectivity index (χ0v) is 17.8. The third-order valence-electron chi connectivity index (χ3n) is 5.70. The van der Waals surface area contributed by atoms with Gasteiger partial charge in [-0.15, -0.1) is 0 Å². The minimum atomic E-state index is 0.455. The van der Waals surface area contributed by atoms with Crippen LogP contribution in [0.5, 0.6) is 0 Å². The maximum Gasteiger partial charge on any atom is 0.191 e. The Labute approximate surface area is 178 Å². The summed E-state index contributed by atoms with van der Waals surface area (Å²) in [5, 5.41) is 8.37. The van der Waals surface area contributed by atoms with Gasteiger partial charge in [-0.3, -0.25) is 4.99 Å². The molecule has 0 aliphatic carbocycles. The van der Waals surface area contributed by atoms with Crippen molar-refractivity contribution in [3.63, 3.8) is 0 Å². The van der Waals surface area contributed by atoms with Gasteiger partial charge in [-0.1, -0.05) is 24.3 Å². The second kappa shape index (κ2) is 10.1. The van der Waals surface area contributed by atoms with Gasteiger partial charge < -0.3 is 20.5 Å². The number of para-hydroxylation sites is 1. The van der Waals surface area contributed by atoms with Crippen molar-refractivity contribution in [2.24, 2.45) is 4.99 Å². The molecule has 1 aliphatic rings. The van der Waals surface area contributed by atoms with E-state index in [-0.39, 0.29) is 0 Å². The van der Waals surface area contributed by atoms with Gasteiger partial charge in [0.2, 0.25) is 0 Å². The SMILES string of the molecule is CCNC(=NCCCc1c[nH]c2ccccc12)NC1CCN(c2ccccn2)CC1. The molecule has 4 rings (SSSR count). The molecule has 3 heterocycles. The molecule has 6 nitrogen and oxygen atoms in total. The van der Waals surface area contributed by atoms with Gasteiger partial charge in [0.05, 0.1) is 0 Å². The molecule has 0 radical (unpaired) electrons. The minimum absolute atomic E-state index is 0.455. The first-order valence-corrected chi connectivity index (χ1v) is 11.1. The predicted molar refractivity (Wildman–Crippen MR) is 125 cm³/mol. The standard InChI is InChI=1S/C24H32N6/c1-2-25-24(27-15-7-8-19-18-28-22-10-4-3-9-21(19)22)29-20-12-16-30(17-13-20)23-11-5-6-14-26-23/h3-6,9-11,14,18,20,28H,2,7-8,12-13,15-17H2,1H3,(H2,25,27,29). The van der Waals surface area contributed by atoms with Gasteiger partial charge in [-0.25, -0.2) is 4.98 Å². The molecule has 1 aromatic carbocycles. The van der Waals surface area contributed by atoms with Gasteiger partial charge >= 0.3 is 0 Å². The van der Waals surface area contributed by atoms with Crippen molar-refractivity contribution >= 4 is 22.7 Å². The van der Waals surface area contributed by atoms with Gasteiger partial charge in [-0.2, -0.15) is 0 Å². The van der Waals surface area contributed by atoms with Crippen molar-refractivity contribution in [2.75, 3.05) is 31.1 Å². The fraction of sp³-hybridized carbons (Fsp3) is 0.417. The normalized spacial score (nSPS) is 15.5. The van der Waals surface area contributed by atoms with Crippen LogP contribution in [0.3, 0.4) is 0 Å². The Balaban J connectivity index is 1.26. The molecule has 30 heavy (non-hydrogen) atoms. The highest BCUT2D eigenvalue weighted by atomic mass is 15.2. The number of nitrogens with zero attached hydrogens (tertiary/aromatic N) is 3. The van der Waals surface area contributed by atoms with Gasteiger partial charge in [0.15, 0.2) is 5.96 Å². The number of hydrogen-bond acceptors (Lipinski definition) is 3. The molecular formula is C24H32N6. The van der Waals surface area contributed by atoms with E-state index in [2.05, 4.69) is 75.0 Å². The topological polar surface area (TPSA) is 68.3 Å². The van der Waals surface area contributed by atoms with Crippen LogP contribution in [0.2, 0.25) is 0 Å². The Kier molecular flexibility index (Phi) is 6.85. The largest absolute Gasteiger partial charge is 0.361 e. The molecule has 3 aromatic rings. The highest BCUT2D eigenvalue weighted by Gasteiger charge is 2.20. The van der Waals surface area contributed by atoms with Crippen molar-refractivity contribution < 1.29 is 0 Å². The van der Waals surface area contributed by atoms with E-state index >= 15 is 0 Å².